The van der Waals surface area contributed by atoms with Gasteiger partial charge in [0.05, 0.1) is 77.1 Å². The van der Waals surface area contributed by atoms with Crippen LogP contribution >= 0.6 is 0 Å². The van der Waals surface area contributed by atoms with Crippen LogP contribution in [0, 0.1) is 10.8 Å². The molecule has 600 valence electrons. The Balaban J connectivity index is 4.64. The number of amides is 7. The molecule has 0 bridgehead atoms. The maximum atomic E-state index is 13.1. The SMILES string of the molecule is CCCCCCCCCCCCCCCCCCOCC(COC(=O)NCCCCCC(=O)NCCC(C)(C)OCCC(C)(C)OCC(C)(C)C(C)(C)CC(=O)NCC(=O)NCC(=O)NCC(=O)NC(O)(COCCC(N)=O)COCC(C)N)OCCCCCCCCCCCCCCCCC. The van der Waals surface area contributed by atoms with E-state index in [-0.39, 0.29) is 63.2 Å². The lowest BCUT2D eigenvalue weighted by molar-refractivity contribution is -0.146. The van der Waals surface area contributed by atoms with Gasteiger partial charge < -0.3 is 81.6 Å². The zero-order valence-corrected chi connectivity index (χ0v) is 66.7. The molecule has 0 heterocycles. The summed E-state index contributed by atoms with van der Waals surface area (Å²) in [6.45, 7) is 23.5. The van der Waals surface area contributed by atoms with Crippen LogP contribution in [0.5, 0.6) is 0 Å². The average Bonchev–Trinajstić information content (AvgIpc) is 0.813. The summed E-state index contributed by atoms with van der Waals surface area (Å²) >= 11 is 0. The van der Waals surface area contributed by atoms with Gasteiger partial charge in [-0.25, -0.2) is 4.79 Å². The molecule has 0 aliphatic heterocycles. The van der Waals surface area contributed by atoms with Crippen molar-refractivity contribution in [3.8, 4) is 0 Å². The smallest absolute Gasteiger partial charge is 0.407 e. The second-order valence-electron chi connectivity index (χ2n) is 31.3. The third kappa shape index (κ3) is 61.0. The molecular weight excluding hydrogens is 1300 g/mol. The molecule has 0 aromatic heterocycles. The van der Waals surface area contributed by atoms with Gasteiger partial charge in [-0.2, -0.15) is 0 Å². The van der Waals surface area contributed by atoms with Crippen molar-refractivity contribution in [1.29, 1.82) is 0 Å². The fourth-order valence-corrected chi connectivity index (χ4v) is 11.3. The van der Waals surface area contributed by atoms with E-state index in [9.17, 15) is 38.7 Å². The lowest BCUT2D eigenvalue weighted by Crippen LogP contribution is -2.57. The third-order valence-electron chi connectivity index (χ3n) is 19.1. The largest absolute Gasteiger partial charge is 0.447 e. The standard InChI is InChI=1S/C79H154N8O15/c1-12-14-16-18-20-22-24-26-28-30-31-33-35-37-39-44-52-96-61-67(99-53-45-40-38-36-34-32-29-27-25-23-21-19-17-15-13-2)62-100-74(94)83-50-43-41-42-46-69(89)82-51-48-77(8,9)101-55-49-78(10,11)102-63-76(6,7)75(4,5)56-70(90)84-57-71(91)85-58-72(92)86-59-73(93)87-79(95,65-98-60-66(3)80)64-97-54-47-68(81)88/h66-67,95H,12-65,80H2,1-11H3,(H2,81,88)(H,82,89)(H,83,94)(H,84,90)(H,85,91)(H,86,92)(H,87,93). The molecule has 23 nitrogen and oxygen atoms in total. The van der Waals surface area contributed by atoms with Crippen molar-refractivity contribution in [2.24, 2.45) is 22.3 Å². The van der Waals surface area contributed by atoms with E-state index in [4.69, 9.17) is 44.6 Å². The van der Waals surface area contributed by atoms with Gasteiger partial charge in [-0.15, -0.1) is 0 Å². The molecule has 0 aliphatic rings. The number of alkyl carbamates (subject to hydrolysis) is 1. The van der Waals surface area contributed by atoms with Gasteiger partial charge in [-0.3, -0.25) is 28.8 Å². The van der Waals surface area contributed by atoms with Crippen molar-refractivity contribution in [3.05, 3.63) is 0 Å². The maximum Gasteiger partial charge on any atom is 0.407 e. The Morgan fingerprint density at radius 1 is 0.402 bits per heavy atom. The lowest BCUT2D eigenvalue weighted by Gasteiger charge is -2.43. The first-order chi connectivity index (χ1) is 48.6. The molecular formula is C79H154N8O15. The number of rotatable bonds is 73. The lowest BCUT2D eigenvalue weighted by atomic mass is 9.66. The summed E-state index contributed by atoms with van der Waals surface area (Å²) in [5, 5.41) is 26.5. The summed E-state index contributed by atoms with van der Waals surface area (Å²) in [5.74, 6) is -3.10. The Kier molecular flexibility index (Phi) is 59.3. The predicted octanol–water partition coefficient (Wildman–Crippen LogP) is 13.1. The van der Waals surface area contributed by atoms with Crippen LogP contribution in [0.3, 0.4) is 0 Å². The van der Waals surface area contributed by atoms with Gasteiger partial charge in [0.2, 0.25) is 35.4 Å². The number of carbonyl (C=O) groups is 7. The molecule has 102 heavy (non-hydrogen) atoms. The van der Waals surface area contributed by atoms with Crippen LogP contribution in [-0.2, 0) is 61.9 Å². The van der Waals surface area contributed by atoms with Crippen LogP contribution < -0.4 is 43.4 Å². The van der Waals surface area contributed by atoms with E-state index in [1.54, 1.807) is 6.92 Å². The molecule has 0 radical (unpaired) electrons. The molecule has 0 aromatic carbocycles. The van der Waals surface area contributed by atoms with Gasteiger partial charge in [-0.05, 0) is 84.0 Å². The second kappa shape index (κ2) is 61.9. The molecule has 0 saturated carbocycles. The van der Waals surface area contributed by atoms with Crippen LogP contribution in [0.2, 0.25) is 0 Å². The first kappa shape index (κ1) is 97.8. The summed E-state index contributed by atoms with van der Waals surface area (Å²) in [4.78, 5) is 87.4. The Morgan fingerprint density at radius 3 is 1.35 bits per heavy atom. The Bertz CT molecular complexity index is 2140. The number of nitrogens with two attached hydrogens (primary N) is 2. The van der Waals surface area contributed by atoms with Crippen molar-refractivity contribution >= 4 is 41.5 Å². The first-order valence-electron chi connectivity index (χ1n) is 40.2. The molecule has 3 atom stereocenters. The number of hydrogen-bond donors (Lipinski definition) is 9. The number of carbonyl (C=O) groups excluding carboxylic acids is 7. The zero-order chi connectivity index (χ0) is 76.1. The van der Waals surface area contributed by atoms with E-state index < -0.39 is 83.8 Å². The van der Waals surface area contributed by atoms with Crippen molar-refractivity contribution in [3.63, 3.8) is 0 Å². The molecule has 3 unspecified atom stereocenters. The topological polar surface area (TPSA) is 329 Å². The Morgan fingerprint density at radius 2 is 0.853 bits per heavy atom. The minimum atomic E-state index is -2.00. The normalized spacial score (nSPS) is 13.3. The van der Waals surface area contributed by atoms with Gasteiger partial charge in [0.25, 0.3) is 0 Å². The van der Waals surface area contributed by atoms with Crippen LogP contribution in [-0.4, -0.2) is 175 Å². The minimum absolute atomic E-state index is 0.0218. The van der Waals surface area contributed by atoms with Gasteiger partial charge in [-0.1, -0.05) is 234 Å². The van der Waals surface area contributed by atoms with Gasteiger partial charge >= 0.3 is 6.09 Å². The summed E-state index contributed by atoms with van der Waals surface area (Å²) < 4.78 is 41.4. The van der Waals surface area contributed by atoms with E-state index in [0.717, 1.165) is 32.1 Å². The number of ether oxygens (including phenoxy) is 7. The molecule has 23 heteroatoms. The minimum Gasteiger partial charge on any atom is -0.447 e. The highest BCUT2D eigenvalue weighted by molar-refractivity contribution is 5.90. The zero-order valence-electron chi connectivity index (χ0n) is 66.7. The molecule has 0 fully saturated rings. The first-order valence-corrected chi connectivity index (χ1v) is 40.2. The highest BCUT2D eigenvalue weighted by atomic mass is 16.6. The molecule has 0 rings (SSSR count). The van der Waals surface area contributed by atoms with E-state index in [0.29, 0.717) is 71.8 Å². The van der Waals surface area contributed by atoms with Crippen LogP contribution in [0.1, 0.15) is 327 Å². The van der Waals surface area contributed by atoms with E-state index in [1.807, 2.05) is 55.4 Å². The Hall–Kier alpha value is -4.23. The quantitative estimate of drug-likeness (QED) is 0.0202. The number of aliphatic hydroxyl groups is 1. The van der Waals surface area contributed by atoms with Crippen molar-refractivity contribution in [2.45, 2.75) is 356 Å². The van der Waals surface area contributed by atoms with Crippen LogP contribution in [0.25, 0.3) is 0 Å². The molecule has 11 N–H and O–H groups in total. The highest BCUT2D eigenvalue weighted by Crippen LogP contribution is 2.42. The van der Waals surface area contributed by atoms with Crippen molar-refractivity contribution in [2.75, 3.05) is 98.8 Å². The summed E-state index contributed by atoms with van der Waals surface area (Å²) in [6, 6.07) is -0.348. The third-order valence-corrected chi connectivity index (χ3v) is 19.1. The molecule has 7 amide bonds. The number of unbranched alkanes of at least 4 members (excludes halogenated alkanes) is 31. The maximum absolute atomic E-state index is 13.1. The van der Waals surface area contributed by atoms with E-state index >= 15 is 0 Å². The van der Waals surface area contributed by atoms with E-state index in [2.05, 4.69) is 45.7 Å². The summed E-state index contributed by atoms with van der Waals surface area (Å²) in [5.41, 5.74) is 6.71. The fourth-order valence-electron chi connectivity index (χ4n) is 11.3. The van der Waals surface area contributed by atoms with Crippen LogP contribution in [0.4, 0.5) is 4.79 Å². The Labute approximate surface area is 619 Å². The van der Waals surface area contributed by atoms with Gasteiger partial charge in [0, 0.05) is 51.6 Å². The summed E-state index contributed by atoms with van der Waals surface area (Å²) in [7, 11) is 0. The predicted molar refractivity (Wildman–Crippen MR) is 409 cm³/mol. The molecule has 0 spiro atoms. The molecule has 0 aromatic rings. The number of hydrogen-bond acceptors (Lipinski definition) is 16. The molecule has 0 aliphatic carbocycles. The molecule has 0 saturated heterocycles. The number of primary amides is 1. The second-order valence-corrected chi connectivity index (χ2v) is 31.3. The van der Waals surface area contributed by atoms with Crippen molar-refractivity contribution in [1.82, 2.24) is 31.9 Å². The van der Waals surface area contributed by atoms with E-state index in [1.165, 1.54) is 180 Å². The van der Waals surface area contributed by atoms with Crippen LogP contribution in [0.15, 0.2) is 0 Å². The van der Waals surface area contributed by atoms with Gasteiger partial charge in [0.15, 0.2) is 5.72 Å². The summed E-state index contributed by atoms with van der Waals surface area (Å²) in [6.07, 6.45) is 44.0. The monoisotopic (exact) mass is 1460 g/mol. The fraction of sp³-hybridized carbons (Fsp3) is 0.911. The highest BCUT2D eigenvalue weighted by Gasteiger charge is 2.40. The average molecular weight is 1460 g/mol. The van der Waals surface area contributed by atoms with Crippen molar-refractivity contribution < 1.29 is 71.8 Å². The van der Waals surface area contributed by atoms with Gasteiger partial charge in [0.1, 0.15) is 12.7 Å². The number of nitrogens with one attached hydrogen (secondary N) is 6.